The lowest BCUT2D eigenvalue weighted by atomic mass is 9.83. The second-order valence-electron chi connectivity index (χ2n) is 8.19. The van der Waals surface area contributed by atoms with E-state index in [4.69, 9.17) is 16.3 Å². The van der Waals surface area contributed by atoms with E-state index in [2.05, 4.69) is 16.0 Å². The molecule has 0 saturated carbocycles. The summed E-state index contributed by atoms with van der Waals surface area (Å²) in [5.74, 6) is 1.59. The van der Waals surface area contributed by atoms with Crippen LogP contribution in [0.2, 0.25) is 5.02 Å². The number of fused-ring (bicyclic) bond motifs is 1. The molecule has 28 heavy (non-hydrogen) atoms. The number of nitrogens with zero attached hydrogens (tertiary/aromatic N) is 2. The topological polar surface area (TPSA) is 25.4 Å². The number of pyridine rings is 1. The molecule has 0 spiro atoms. The molecular weight excluding hydrogens is 375 g/mol. The van der Waals surface area contributed by atoms with Crippen molar-refractivity contribution in [2.45, 2.75) is 50.5 Å². The second-order valence-corrected chi connectivity index (χ2v) is 8.62. The molecule has 0 aliphatic carbocycles. The van der Waals surface area contributed by atoms with Crippen molar-refractivity contribution in [2.24, 2.45) is 5.92 Å². The highest BCUT2D eigenvalue weighted by Crippen LogP contribution is 2.35. The number of ether oxygens (including phenoxy) is 1. The van der Waals surface area contributed by atoms with Crippen molar-refractivity contribution < 1.29 is 9.13 Å². The van der Waals surface area contributed by atoms with Crippen LogP contribution in [0.3, 0.4) is 0 Å². The molecule has 2 aliphatic heterocycles. The van der Waals surface area contributed by atoms with E-state index in [-0.39, 0.29) is 5.82 Å². The van der Waals surface area contributed by atoms with Gasteiger partial charge in [0.25, 0.3) is 0 Å². The van der Waals surface area contributed by atoms with Gasteiger partial charge in [0.2, 0.25) is 0 Å². The molecule has 0 amide bonds. The fraction of sp³-hybridized carbons (Fsp3) is 0.522. The van der Waals surface area contributed by atoms with Gasteiger partial charge < -0.3 is 4.74 Å². The van der Waals surface area contributed by atoms with Crippen LogP contribution in [-0.4, -0.2) is 35.6 Å². The highest BCUT2D eigenvalue weighted by molar-refractivity contribution is 6.30. The molecule has 0 radical (unpaired) electrons. The molecule has 2 saturated heterocycles. The highest BCUT2D eigenvalue weighted by Gasteiger charge is 2.32. The quantitative estimate of drug-likeness (QED) is 0.656. The third-order valence-corrected chi connectivity index (χ3v) is 6.41. The molecule has 1 aromatic heterocycles. The average Bonchev–Trinajstić information content (AvgIpc) is 2.69. The second kappa shape index (κ2) is 9.23. The van der Waals surface area contributed by atoms with Crippen LogP contribution >= 0.6 is 11.6 Å². The predicted molar refractivity (Wildman–Crippen MR) is 110 cm³/mol. The normalized spacial score (nSPS) is 26.1. The molecule has 0 N–H and O–H groups in total. The lowest BCUT2D eigenvalue weighted by Gasteiger charge is -2.42. The van der Waals surface area contributed by atoms with E-state index in [1.165, 1.54) is 62.9 Å². The molecule has 2 fully saturated rings. The molecule has 150 valence electrons. The van der Waals surface area contributed by atoms with Crippen molar-refractivity contribution in [3.63, 3.8) is 0 Å². The Kier molecular flexibility index (Phi) is 6.48. The van der Waals surface area contributed by atoms with Crippen molar-refractivity contribution in [3.8, 4) is 5.75 Å². The van der Waals surface area contributed by atoms with Crippen molar-refractivity contribution >= 4 is 11.6 Å². The summed E-state index contributed by atoms with van der Waals surface area (Å²) >= 11 is 6.02. The van der Waals surface area contributed by atoms with Gasteiger partial charge in [-0.3, -0.25) is 9.88 Å². The third-order valence-electron chi connectivity index (χ3n) is 6.19. The van der Waals surface area contributed by atoms with Gasteiger partial charge in [-0.25, -0.2) is 4.39 Å². The molecule has 5 heteroatoms. The average molecular weight is 403 g/mol. The van der Waals surface area contributed by atoms with Gasteiger partial charge in [0.1, 0.15) is 11.6 Å². The van der Waals surface area contributed by atoms with Gasteiger partial charge in [-0.2, -0.15) is 0 Å². The monoisotopic (exact) mass is 402 g/mol. The first-order valence-corrected chi connectivity index (χ1v) is 10.8. The first kappa shape index (κ1) is 19.7. The zero-order valence-electron chi connectivity index (χ0n) is 16.2. The Bertz CT molecular complexity index is 752. The summed E-state index contributed by atoms with van der Waals surface area (Å²) in [6, 6.07) is 11.0. The van der Waals surface area contributed by atoms with Gasteiger partial charge in [-0.1, -0.05) is 18.0 Å². The molecule has 3 heterocycles. The number of aromatic nitrogens is 1. The Labute approximate surface area is 171 Å². The molecule has 0 bridgehead atoms. The largest absolute Gasteiger partial charge is 0.493 e. The van der Waals surface area contributed by atoms with Crippen molar-refractivity contribution in [3.05, 3.63) is 59.1 Å². The Hall–Kier alpha value is -1.65. The smallest absolute Gasteiger partial charge is 0.123 e. The Morgan fingerprint density at radius 3 is 2.71 bits per heavy atom. The van der Waals surface area contributed by atoms with Crippen LogP contribution in [0.1, 0.15) is 50.1 Å². The van der Waals surface area contributed by atoms with Gasteiger partial charge >= 0.3 is 0 Å². The minimum absolute atomic E-state index is 0.224. The third kappa shape index (κ3) is 5.03. The van der Waals surface area contributed by atoms with Gasteiger partial charge in [0, 0.05) is 36.3 Å². The van der Waals surface area contributed by atoms with Gasteiger partial charge in [-0.15, -0.1) is 0 Å². The summed E-state index contributed by atoms with van der Waals surface area (Å²) in [4.78, 5) is 7.27. The summed E-state index contributed by atoms with van der Waals surface area (Å²) < 4.78 is 19.0. The molecule has 3 unspecified atom stereocenters. The van der Waals surface area contributed by atoms with Crippen LogP contribution in [0.25, 0.3) is 0 Å². The van der Waals surface area contributed by atoms with Crippen LogP contribution in [0.15, 0.2) is 42.6 Å². The van der Waals surface area contributed by atoms with Crippen molar-refractivity contribution in [2.75, 3.05) is 19.7 Å². The van der Waals surface area contributed by atoms with E-state index >= 15 is 0 Å². The number of piperidine rings is 1. The van der Waals surface area contributed by atoms with Gasteiger partial charge in [-0.05, 0) is 75.0 Å². The van der Waals surface area contributed by atoms with Gasteiger partial charge in [0.15, 0.2) is 0 Å². The first-order valence-electron chi connectivity index (χ1n) is 10.4. The van der Waals surface area contributed by atoms with Crippen LogP contribution in [0.5, 0.6) is 5.75 Å². The van der Waals surface area contributed by atoms with Crippen molar-refractivity contribution in [1.29, 1.82) is 0 Å². The molecular formula is C23H28ClFN2O. The molecule has 3 atom stereocenters. The summed E-state index contributed by atoms with van der Waals surface area (Å²) in [5.41, 5.74) is 1.19. The molecule has 2 aliphatic rings. The van der Waals surface area contributed by atoms with E-state index in [0.717, 1.165) is 12.3 Å². The number of hydrogen-bond donors (Lipinski definition) is 0. The zero-order chi connectivity index (χ0) is 19.3. The minimum atomic E-state index is -0.224. The fourth-order valence-corrected chi connectivity index (χ4v) is 4.77. The first-order chi connectivity index (χ1) is 13.7. The van der Waals surface area contributed by atoms with E-state index in [1.54, 1.807) is 18.3 Å². The summed E-state index contributed by atoms with van der Waals surface area (Å²) in [6.07, 6.45) is 9.05. The lowest BCUT2D eigenvalue weighted by Crippen LogP contribution is -2.46. The number of hydrogen-bond acceptors (Lipinski definition) is 3. The van der Waals surface area contributed by atoms with Gasteiger partial charge in [0.05, 0.1) is 11.6 Å². The minimum Gasteiger partial charge on any atom is -0.493 e. The summed E-state index contributed by atoms with van der Waals surface area (Å²) in [7, 11) is 0. The van der Waals surface area contributed by atoms with Crippen LogP contribution in [0, 0.1) is 11.7 Å². The molecule has 3 nitrogen and oxygen atoms in total. The lowest BCUT2D eigenvalue weighted by molar-refractivity contribution is 0.0646. The number of halogens is 2. The maximum atomic E-state index is 13.0. The van der Waals surface area contributed by atoms with Crippen LogP contribution in [-0.2, 0) is 0 Å². The van der Waals surface area contributed by atoms with E-state index in [9.17, 15) is 4.39 Å². The fourth-order valence-electron chi connectivity index (χ4n) is 4.65. The van der Waals surface area contributed by atoms with Crippen LogP contribution < -0.4 is 4.74 Å². The molecule has 1 aromatic carbocycles. The SMILES string of the molecule is Fc1ccc(OCC2CCC3CC(c4ccc(Cl)cn4)CCCCN3C2)cc1. The van der Waals surface area contributed by atoms with Crippen LogP contribution in [0.4, 0.5) is 4.39 Å². The Balaban J connectivity index is 1.34. The Morgan fingerprint density at radius 2 is 1.93 bits per heavy atom. The summed E-state index contributed by atoms with van der Waals surface area (Å²) in [5, 5.41) is 0.706. The highest BCUT2D eigenvalue weighted by atomic mass is 35.5. The molecule has 2 aromatic rings. The maximum Gasteiger partial charge on any atom is 0.123 e. The molecule has 4 rings (SSSR count). The Morgan fingerprint density at radius 1 is 1.07 bits per heavy atom. The van der Waals surface area contributed by atoms with E-state index < -0.39 is 0 Å². The van der Waals surface area contributed by atoms with Crippen molar-refractivity contribution in [1.82, 2.24) is 9.88 Å². The predicted octanol–water partition coefficient (Wildman–Crippen LogP) is 5.69. The number of benzene rings is 1. The van der Waals surface area contributed by atoms with E-state index in [0.29, 0.717) is 29.5 Å². The van der Waals surface area contributed by atoms with E-state index in [1.807, 2.05) is 6.07 Å². The zero-order valence-corrected chi connectivity index (χ0v) is 17.0. The maximum absolute atomic E-state index is 13.0. The number of rotatable bonds is 4. The standard InChI is InChI=1S/C23H28ClFN2O/c24-19-5-11-23(26-14-19)18-3-1-2-12-27-15-17(4-8-21(27)13-18)16-28-22-9-6-20(25)7-10-22/h5-7,9-11,14,17-18,21H,1-4,8,12-13,15-16H2. The summed E-state index contributed by atoms with van der Waals surface area (Å²) in [6.45, 7) is 2.97.